The lowest BCUT2D eigenvalue weighted by molar-refractivity contribution is 0.0996. The first-order valence-corrected chi connectivity index (χ1v) is 5.65. The Morgan fingerprint density at radius 1 is 1.33 bits per heavy atom. The number of rotatable bonds is 5. The molecule has 94 valence electrons. The molecule has 0 atom stereocenters. The summed E-state index contributed by atoms with van der Waals surface area (Å²) in [6.07, 6.45) is 0.576. The summed E-state index contributed by atoms with van der Waals surface area (Å²) in [5.74, 6) is 0.105. The number of pyridine rings is 1. The van der Waals surface area contributed by atoms with Gasteiger partial charge in [-0.2, -0.15) is 0 Å². The number of aromatic nitrogens is 1. The molecule has 0 aliphatic carbocycles. The van der Waals surface area contributed by atoms with E-state index in [2.05, 4.69) is 4.98 Å². The normalized spacial score (nSPS) is 10.5. The standard InChI is InChI=1S/C13H14N2O3/c14-13(17)11-5-3-9-2-4-10(8-12(9)15-11)18-7-1-6-16/h2-5,8,16H,1,6-7H2,(H2,14,17). The van der Waals surface area contributed by atoms with Crippen LogP contribution in [0.5, 0.6) is 5.75 Å². The van der Waals surface area contributed by atoms with Gasteiger partial charge in [0.2, 0.25) is 0 Å². The Morgan fingerprint density at radius 3 is 2.83 bits per heavy atom. The lowest BCUT2D eigenvalue weighted by Gasteiger charge is -2.06. The van der Waals surface area contributed by atoms with E-state index in [1.54, 1.807) is 18.2 Å². The topological polar surface area (TPSA) is 85.4 Å². The van der Waals surface area contributed by atoms with Gasteiger partial charge >= 0.3 is 0 Å². The molecule has 1 heterocycles. The summed E-state index contributed by atoms with van der Waals surface area (Å²) < 4.78 is 5.44. The van der Waals surface area contributed by atoms with Crippen molar-refractivity contribution in [2.45, 2.75) is 6.42 Å². The summed E-state index contributed by atoms with van der Waals surface area (Å²) in [7, 11) is 0. The van der Waals surface area contributed by atoms with Crippen LogP contribution in [0.2, 0.25) is 0 Å². The van der Waals surface area contributed by atoms with Crippen LogP contribution in [0, 0.1) is 0 Å². The monoisotopic (exact) mass is 246 g/mol. The number of nitrogens with two attached hydrogens (primary N) is 1. The average molecular weight is 246 g/mol. The molecule has 0 bridgehead atoms. The van der Waals surface area contributed by atoms with Crippen LogP contribution in [0.15, 0.2) is 30.3 Å². The van der Waals surface area contributed by atoms with Crippen LogP contribution in [0.25, 0.3) is 10.9 Å². The summed E-state index contributed by atoms with van der Waals surface area (Å²) in [6, 6.07) is 8.82. The lowest BCUT2D eigenvalue weighted by Crippen LogP contribution is -2.12. The number of ether oxygens (including phenoxy) is 1. The minimum Gasteiger partial charge on any atom is -0.493 e. The van der Waals surface area contributed by atoms with E-state index >= 15 is 0 Å². The van der Waals surface area contributed by atoms with Crippen molar-refractivity contribution in [2.24, 2.45) is 5.73 Å². The van der Waals surface area contributed by atoms with Crippen LogP contribution in [0.1, 0.15) is 16.9 Å². The highest BCUT2D eigenvalue weighted by atomic mass is 16.5. The number of carbonyl (C=O) groups is 1. The van der Waals surface area contributed by atoms with Crippen LogP contribution < -0.4 is 10.5 Å². The largest absolute Gasteiger partial charge is 0.493 e. The number of carbonyl (C=O) groups excluding carboxylic acids is 1. The minimum absolute atomic E-state index is 0.0949. The highest BCUT2D eigenvalue weighted by molar-refractivity contribution is 5.93. The highest BCUT2D eigenvalue weighted by Crippen LogP contribution is 2.19. The van der Waals surface area contributed by atoms with E-state index < -0.39 is 5.91 Å². The third-order valence-corrected chi connectivity index (χ3v) is 2.49. The number of fused-ring (bicyclic) bond motifs is 1. The van der Waals surface area contributed by atoms with Gasteiger partial charge in [-0.3, -0.25) is 4.79 Å². The lowest BCUT2D eigenvalue weighted by atomic mass is 10.2. The fourth-order valence-corrected chi connectivity index (χ4v) is 1.58. The zero-order chi connectivity index (χ0) is 13.0. The van der Waals surface area contributed by atoms with Crippen LogP contribution in [-0.4, -0.2) is 29.2 Å². The molecule has 3 N–H and O–H groups in total. The maximum atomic E-state index is 11.0. The van der Waals surface area contributed by atoms with Crippen LogP contribution >= 0.6 is 0 Å². The van der Waals surface area contributed by atoms with Gasteiger partial charge in [0.15, 0.2) is 0 Å². The number of hydrogen-bond acceptors (Lipinski definition) is 4. The summed E-state index contributed by atoms with van der Waals surface area (Å²) in [5, 5.41) is 9.58. The molecule has 0 saturated carbocycles. The first kappa shape index (κ1) is 12.3. The zero-order valence-electron chi connectivity index (χ0n) is 9.80. The van der Waals surface area contributed by atoms with Crippen LogP contribution in [0.3, 0.4) is 0 Å². The number of nitrogens with zero attached hydrogens (tertiary/aromatic N) is 1. The molecule has 1 amide bonds. The van der Waals surface area contributed by atoms with Gasteiger partial charge in [0.05, 0.1) is 12.1 Å². The van der Waals surface area contributed by atoms with Crippen molar-refractivity contribution >= 4 is 16.8 Å². The first-order chi connectivity index (χ1) is 8.70. The van der Waals surface area contributed by atoms with Gasteiger partial charge in [0, 0.05) is 24.5 Å². The molecule has 5 nitrogen and oxygen atoms in total. The molecule has 0 spiro atoms. The molecule has 0 unspecified atom stereocenters. The molecule has 0 aliphatic rings. The van der Waals surface area contributed by atoms with Crippen molar-refractivity contribution in [3.63, 3.8) is 0 Å². The first-order valence-electron chi connectivity index (χ1n) is 5.65. The van der Waals surface area contributed by atoms with Gasteiger partial charge in [-0.05, 0) is 18.2 Å². The second-order valence-corrected chi connectivity index (χ2v) is 3.84. The molecular formula is C13H14N2O3. The van der Waals surface area contributed by atoms with E-state index in [1.807, 2.05) is 12.1 Å². The van der Waals surface area contributed by atoms with Gasteiger partial charge < -0.3 is 15.6 Å². The van der Waals surface area contributed by atoms with Crippen molar-refractivity contribution in [3.8, 4) is 5.75 Å². The predicted molar refractivity (Wildman–Crippen MR) is 67.5 cm³/mol. The van der Waals surface area contributed by atoms with Crippen molar-refractivity contribution in [1.82, 2.24) is 4.98 Å². The third-order valence-electron chi connectivity index (χ3n) is 2.49. The van der Waals surface area contributed by atoms with E-state index in [1.165, 1.54) is 0 Å². The van der Waals surface area contributed by atoms with Gasteiger partial charge in [-0.1, -0.05) is 6.07 Å². The van der Waals surface area contributed by atoms with Crippen molar-refractivity contribution < 1.29 is 14.6 Å². The van der Waals surface area contributed by atoms with E-state index in [9.17, 15) is 4.79 Å². The third kappa shape index (κ3) is 2.75. The second kappa shape index (κ2) is 5.46. The Labute approximate surface area is 104 Å². The SMILES string of the molecule is NC(=O)c1ccc2ccc(OCCCO)cc2n1. The summed E-state index contributed by atoms with van der Waals surface area (Å²) in [6.45, 7) is 0.537. The van der Waals surface area contributed by atoms with E-state index in [4.69, 9.17) is 15.6 Å². The molecule has 5 heteroatoms. The van der Waals surface area contributed by atoms with Crippen molar-refractivity contribution in [2.75, 3.05) is 13.2 Å². The molecule has 0 radical (unpaired) electrons. The number of amides is 1. The second-order valence-electron chi connectivity index (χ2n) is 3.84. The number of benzene rings is 1. The highest BCUT2D eigenvalue weighted by Gasteiger charge is 2.04. The molecule has 2 rings (SSSR count). The molecule has 2 aromatic rings. The maximum Gasteiger partial charge on any atom is 0.267 e. The van der Waals surface area contributed by atoms with Gasteiger partial charge in [0.25, 0.3) is 5.91 Å². The molecule has 0 fully saturated rings. The smallest absolute Gasteiger partial charge is 0.267 e. The molecule has 1 aromatic heterocycles. The van der Waals surface area contributed by atoms with Crippen LogP contribution in [-0.2, 0) is 0 Å². The van der Waals surface area contributed by atoms with E-state index in [-0.39, 0.29) is 12.3 Å². The number of primary amides is 1. The summed E-state index contributed by atoms with van der Waals surface area (Å²) in [5.41, 5.74) is 6.07. The quantitative estimate of drug-likeness (QED) is 0.773. The van der Waals surface area contributed by atoms with E-state index in [0.29, 0.717) is 24.3 Å². The fourth-order valence-electron chi connectivity index (χ4n) is 1.58. The summed E-state index contributed by atoms with van der Waals surface area (Å²) >= 11 is 0. The minimum atomic E-state index is -0.552. The zero-order valence-corrected chi connectivity index (χ0v) is 9.80. The van der Waals surface area contributed by atoms with Gasteiger partial charge in [-0.15, -0.1) is 0 Å². The number of hydrogen-bond donors (Lipinski definition) is 2. The molecule has 18 heavy (non-hydrogen) atoms. The van der Waals surface area contributed by atoms with E-state index in [0.717, 1.165) is 5.39 Å². The Bertz CT molecular complexity index is 569. The van der Waals surface area contributed by atoms with Crippen molar-refractivity contribution in [3.05, 3.63) is 36.0 Å². The Hall–Kier alpha value is -2.14. The van der Waals surface area contributed by atoms with Gasteiger partial charge in [-0.25, -0.2) is 4.98 Å². The predicted octanol–water partition coefficient (Wildman–Crippen LogP) is 1.09. The Balaban J connectivity index is 2.27. The number of aliphatic hydroxyl groups excluding tert-OH is 1. The van der Waals surface area contributed by atoms with Crippen molar-refractivity contribution in [1.29, 1.82) is 0 Å². The average Bonchev–Trinajstić information content (AvgIpc) is 2.38. The molecule has 0 aliphatic heterocycles. The molecule has 1 aromatic carbocycles. The summed E-state index contributed by atoms with van der Waals surface area (Å²) in [4.78, 5) is 15.2. The maximum absolute atomic E-state index is 11.0. The molecular weight excluding hydrogens is 232 g/mol. The Morgan fingerprint density at radius 2 is 2.11 bits per heavy atom. The van der Waals surface area contributed by atoms with Crippen LogP contribution in [0.4, 0.5) is 0 Å². The Kier molecular flexibility index (Phi) is 3.74. The fraction of sp³-hybridized carbons (Fsp3) is 0.231. The van der Waals surface area contributed by atoms with Gasteiger partial charge in [0.1, 0.15) is 11.4 Å². The molecule has 0 saturated heterocycles. The number of aliphatic hydroxyl groups is 1.